The maximum absolute atomic E-state index is 14.0. The van der Waals surface area contributed by atoms with Crippen LogP contribution in [0.1, 0.15) is 43.1 Å². The van der Waals surface area contributed by atoms with Crippen molar-refractivity contribution in [2.75, 3.05) is 45.0 Å². The molecule has 0 aliphatic heterocycles. The third kappa shape index (κ3) is 4.83. The lowest BCUT2D eigenvalue weighted by atomic mass is 9.52. The van der Waals surface area contributed by atoms with Crippen molar-refractivity contribution in [3.63, 3.8) is 0 Å². The van der Waals surface area contributed by atoms with Crippen LogP contribution in [0, 0.1) is 29.1 Å². The molecule has 0 aromatic heterocycles. The number of anilines is 2. The van der Waals surface area contributed by atoms with Crippen LogP contribution in [-0.2, 0) is 30.3 Å². The summed E-state index contributed by atoms with van der Waals surface area (Å²) in [4.78, 5) is 82.5. The fraction of sp³-hybridized carbons (Fsp3) is 0.586. The highest BCUT2D eigenvalue weighted by molar-refractivity contribution is 6.32. The number of hydrogen-bond donors (Lipinski definition) is 4. The first kappa shape index (κ1) is 31.1. The average Bonchev–Trinajstić information content (AvgIpc) is 2.85. The van der Waals surface area contributed by atoms with E-state index in [1.54, 1.807) is 19.0 Å². The smallest absolute Gasteiger partial charge is 0.411 e. The van der Waals surface area contributed by atoms with Crippen LogP contribution in [0.3, 0.4) is 0 Å². The lowest BCUT2D eigenvalue weighted by molar-refractivity contribution is -0.181. The number of carbonyl (C=O) groups is 6. The van der Waals surface area contributed by atoms with Gasteiger partial charge in [-0.05, 0) is 49.9 Å². The number of nitrogens with one attached hydrogen (secondary N) is 1. The molecule has 42 heavy (non-hydrogen) atoms. The lowest BCUT2D eigenvalue weighted by Crippen LogP contribution is -2.74. The summed E-state index contributed by atoms with van der Waals surface area (Å²) in [6.07, 6.45) is -0.820. The van der Waals surface area contributed by atoms with Crippen LogP contribution in [0.5, 0.6) is 5.75 Å². The highest BCUT2D eigenvalue weighted by Gasteiger charge is 2.69. The van der Waals surface area contributed by atoms with E-state index >= 15 is 0 Å². The summed E-state index contributed by atoms with van der Waals surface area (Å²) in [5.41, 5.74) is 2.77. The molecule has 3 aliphatic rings. The van der Waals surface area contributed by atoms with Crippen molar-refractivity contribution in [2.24, 2.45) is 34.8 Å². The second-order valence-electron chi connectivity index (χ2n) is 13.1. The molecule has 2 unspecified atom stereocenters. The van der Waals surface area contributed by atoms with Crippen molar-refractivity contribution >= 4 is 46.5 Å². The minimum absolute atomic E-state index is 0.0589. The van der Waals surface area contributed by atoms with Gasteiger partial charge in [0, 0.05) is 25.7 Å². The van der Waals surface area contributed by atoms with E-state index in [0.29, 0.717) is 11.3 Å². The van der Waals surface area contributed by atoms with Crippen LogP contribution >= 0.6 is 0 Å². The van der Waals surface area contributed by atoms with Crippen LogP contribution in [0.15, 0.2) is 6.07 Å². The van der Waals surface area contributed by atoms with Crippen molar-refractivity contribution in [3.8, 4) is 5.75 Å². The van der Waals surface area contributed by atoms with Crippen LogP contribution in [-0.4, -0.2) is 96.7 Å². The van der Waals surface area contributed by atoms with E-state index in [1.807, 2.05) is 20.8 Å². The molecule has 0 bridgehead atoms. The highest BCUT2D eigenvalue weighted by Crippen LogP contribution is 2.52. The van der Waals surface area contributed by atoms with Gasteiger partial charge in [-0.1, -0.05) is 20.8 Å². The van der Waals surface area contributed by atoms with Gasteiger partial charge in [-0.2, -0.15) is 0 Å². The standard InChI is InChI=1S/C29H38N4O9/c1-28(2,3)11-42-27(40)31-15-10-16(32(4)5)13-8-12-9-14-20(33(6)7)23(36)19(26(30)39)25(38)29(14,41)24(37)17(12)22(35)18(13)21(15)34/h10,12,14,17,19-20,34,41H,8-9,11H2,1-7H3,(H2,30,39)(H,31,40)/t12-,14-,17?,19?,20-,29-/m1/s1. The molecule has 6 atom stereocenters. The Morgan fingerprint density at radius 2 is 1.74 bits per heavy atom. The number of phenols is 1. The third-order valence-corrected chi connectivity index (χ3v) is 8.39. The number of Topliss-reactive ketones (excluding diaryl/α,β-unsaturated/α-hetero) is 4. The van der Waals surface area contributed by atoms with Crippen molar-refractivity contribution in [2.45, 2.75) is 45.3 Å². The summed E-state index contributed by atoms with van der Waals surface area (Å²) in [7, 11) is 6.47. The number of amides is 2. The van der Waals surface area contributed by atoms with E-state index in [9.17, 15) is 39.0 Å². The molecule has 0 heterocycles. The summed E-state index contributed by atoms with van der Waals surface area (Å²) in [5.74, 6) is -11.5. The van der Waals surface area contributed by atoms with Gasteiger partial charge in [0.15, 0.2) is 34.7 Å². The zero-order valence-corrected chi connectivity index (χ0v) is 24.8. The molecule has 2 saturated carbocycles. The summed E-state index contributed by atoms with van der Waals surface area (Å²) in [6.45, 7) is 5.69. The Morgan fingerprint density at radius 1 is 1.12 bits per heavy atom. The van der Waals surface area contributed by atoms with Gasteiger partial charge in [-0.25, -0.2) is 4.79 Å². The van der Waals surface area contributed by atoms with Gasteiger partial charge in [0.25, 0.3) is 0 Å². The number of aliphatic hydroxyl groups is 1. The van der Waals surface area contributed by atoms with Gasteiger partial charge in [-0.15, -0.1) is 0 Å². The summed E-state index contributed by atoms with van der Waals surface area (Å²) in [5, 5.41) is 25.4. The number of nitrogens with two attached hydrogens (primary N) is 1. The van der Waals surface area contributed by atoms with E-state index in [-0.39, 0.29) is 36.1 Å². The summed E-state index contributed by atoms with van der Waals surface area (Å²) < 4.78 is 5.24. The second-order valence-corrected chi connectivity index (χ2v) is 13.1. The summed E-state index contributed by atoms with van der Waals surface area (Å²) in [6, 6.07) is 0.313. The Kier molecular flexibility index (Phi) is 7.75. The molecule has 13 nitrogen and oxygen atoms in total. The van der Waals surface area contributed by atoms with Gasteiger partial charge in [0.05, 0.1) is 29.8 Å². The SMILES string of the molecule is CN(C)c1cc(NC(=O)OCC(C)(C)C)c(O)c2c1C[C@@H]1C[C@@H]3[C@@H](N(C)C)C(=O)C(C(N)=O)C(=O)[C@]3(O)C(=O)C1C2=O. The molecule has 4 rings (SSSR count). The Morgan fingerprint density at radius 3 is 2.26 bits per heavy atom. The Balaban J connectivity index is 1.81. The molecule has 228 valence electrons. The molecule has 2 fully saturated rings. The van der Waals surface area contributed by atoms with Crippen molar-refractivity contribution in [1.29, 1.82) is 0 Å². The van der Waals surface area contributed by atoms with E-state index in [4.69, 9.17) is 10.5 Å². The van der Waals surface area contributed by atoms with Gasteiger partial charge in [0.2, 0.25) is 5.91 Å². The molecule has 0 radical (unpaired) electrons. The molecule has 5 N–H and O–H groups in total. The molecule has 2 amide bonds. The van der Waals surface area contributed by atoms with Crippen molar-refractivity contribution in [1.82, 2.24) is 4.90 Å². The summed E-state index contributed by atoms with van der Waals surface area (Å²) >= 11 is 0. The maximum Gasteiger partial charge on any atom is 0.411 e. The number of carbonyl (C=O) groups excluding carboxylic acids is 6. The van der Waals surface area contributed by atoms with Gasteiger partial charge >= 0.3 is 6.09 Å². The molecule has 0 saturated heterocycles. The number of primary amides is 1. The zero-order valence-electron chi connectivity index (χ0n) is 24.8. The van der Waals surface area contributed by atoms with Gasteiger partial charge in [0.1, 0.15) is 5.75 Å². The fourth-order valence-corrected chi connectivity index (χ4v) is 6.57. The Bertz CT molecular complexity index is 1400. The molecule has 1 aromatic carbocycles. The maximum atomic E-state index is 14.0. The van der Waals surface area contributed by atoms with Crippen molar-refractivity contribution < 1.29 is 43.7 Å². The quantitative estimate of drug-likeness (QED) is 0.277. The van der Waals surface area contributed by atoms with E-state index in [2.05, 4.69) is 5.32 Å². The van der Waals surface area contributed by atoms with Crippen LogP contribution in [0.2, 0.25) is 0 Å². The van der Waals surface area contributed by atoms with E-state index in [1.165, 1.54) is 25.1 Å². The zero-order chi connectivity index (χ0) is 31.6. The first-order valence-corrected chi connectivity index (χ1v) is 13.7. The number of ether oxygens (including phenoxy) is 1. The molecular formula is C29H38N4O9. The largest absolute Gasteiger partial charge is 0.505 e. The van der Waals surface area contributed by atoms with Gasteiger partial charge in [-0.3, -0.25) is 34.2 Å². The first-order valence-electron chi connectivity index (χ1n) is 13.7. The predicted molar refractivity (Wildman–Crippen MR) is 150 cm³/mol. The Hall–Kier alpha value is -3.84. The number of phenolic OH excluding ortho intramolecular Hbond substituents is 1. The van der Waals surface area contributed by atoms with Gasteiger partial charge < -0.3 is 25.6 Å². The lowest BCUT2D eigenvalue weighted by Gasteiger charge is -2.52. The normalized spacial score (nSPS) is 29.0. The van der Waals surface area contributed by atoms with E-state index < -0.39 is 76.2 Å². The predicted octanol–water partition coefficient (Wildman–Crippen LogP) is 0.528. The van der Waals surface area contributed by atoms with Crippen LogP contribution < -0.4 is 16.0 Å². The number of aromatic hydroxyl groups is 1. The minimum atomic E-state index is -2.82. The van der Waals surface area contributed by atoms with Crippen molar-refractivity contribution in [3.05, 3.63) is 17.2 Å². The number of hydrogen-bond acceptors (Lipinski definition) is 11. The minimum Gasteiger partial charge on any atom is -0.505 e. The van der Waals surface area contributed by atoms with Crippen LogP contribution in [0.25, 0.3) is 0 Å². The molecule has 0 spiro atoms. The number of likely N-dealkylation sites (N-methyl/N-ethyl adjacent to an activating group) is 1. The molecule has 3 aliphatic carbocycles. The number of benzene rings is 1. The number of fused-ring (bicyclic) bond motifs is 3. The number of ketones is 4. The highest BCUT2D eigenvalue weighted by atomic mass is 16.5. The second kappa shape index (κ2) is 10.5. The number of rotatable bonds is 5. The third-order valence-electron chi connectivity index (χ3n) is 8.39. The topological polar surface area (TPSA) is 197 Å². The molecule has 1 aromatic rings. The fourth-order valence-electron chi connectivity index (χ4n) is 6.57. The average molecular weight is 587 g/mol. The molecular weight excluding hydrogens is 548 g/mol. The molecule has 13 heteroatoms. The first-order chi connectivity index (χ1) is 19.3. The Labute approximate surface area is 243 Å². The van der Waals surface area contributed by atoms with E-state index in [0.717, 1.165) is 0 Å². The number of nitrogens with zero attached hydrogens (tertiary/aromatic N) is 2. The van der Waals surface area contributed by atoms with Crippen LogP contribution in [0.4, 0.5) is 16.2 Å². The monoisotopic (exact) mass is 586 g/mol.